The van der Waals surface area contributed by atoms with Crippen molar-refractivity contribution in [3.05, 3.63) is 24.3 Å². The van der Waals surface area contributed by atoms with E-state index in [9.17, 15) is 0 Å². The fourth-order valence-corrected chi connectivity index (χ4v) is 6.96. The van der Waals surface area contributed by atoms with Crippen molar-refractivity contribution in [2.45, 2.75) is 11.4 Å². The van der Waals surface area contributed by atoms with Gasteiger partial charge < -0.3 is 0 Å². The predicted molar refractivity (Wildman–Crippen MR) is 52.1 cm³/mol. The maximum absolute atomic E-state index is 5.73. The van der Waals surface area contributed by atoms with E-state index in [1.807, 2.05) is 13.0 Å². The number of allylic oxidation sites excluding steroid dienone is 3. The van der Waals surface area contributed by atoms with Gasteiger partial charge in [0, 0.05) is 0 Å². The quantitative estimate of drug-likeness (QED) is 0.550. The van der Waals surface area contributed by atoms with Crippen molar-refractivity contribution in [2.24, 2.45) is 0 Å². The van der Waals surface area contributed by atoms with Crippen LogP contribution in [0.2, 0.25) is 4.44 Å². The second kappa shape index (κ2) is 4.91. The Morgan fingerprint density at radius 3 is 2.30 bits per heavy atom. The van der Waals surface area contributed by atoms with Gasteiger partial charge in [-0.1, -0.05) is 0 Å². The Bertz CT molecular complexity index is 146. The van der Waals surface area contributed by atoms with Crippen molar-refractivity contribution in [1.82, 2.24) is 0 Å². The van der Waals surface area contributed by atoms with Crippen LogP contribution in [-0.4, -0.2) is 15.0 Å². The molecule has 0 unspecified atom stereocenters. The van der Waals surface area contributed by atoms with Crippen LogP contribution >= 0.6 is 26.8 Å². The van der Waals surface area contributed by atoms with Crippen molar-refractivity contribution in [3.8, 4) is 0 Å². The van der Waals surface area contributed by atoms with Gasteiger partial charge in [-0.15, -0.1) is 0 Å². The Morgan fingerprint density at radius 1 is 1.50 bits per heavy atom. The maximum atomic E-state index is 5.73. The summed E-state index contributed by atoms with van der Waals surface area (Å²) in [4.78, 5) is 0. The molecule has 0 aromatic carbocycles. The molecule has 0 rings (SSSR count). The zero-order valence-corrected chi connectivity index (χ0v) is 10.8. The zero-order chi connectivity index (χ0) is 8.20. The molecule has 0 spiro atoms. The predicted octanol–water partition coefficient (Wildman–Crippen LogP) is 3.77. The molecule has 0 bridgehead atoms. The Hall–Kier alpha value is 1.15. The van der Waals surface area contributed by atoms with Crippen molar-refractivity contribution in [2.75, 3.05) is 0 Å². The molecule has 0 aliphatic carbocycles. The van der Waals surface area contributed by atoms with Crippen LogP contribution in [0.5, 0.6) is 0 Å². The van der Waals surface area contributed by atoms with E-state index >= 15 is 0 Å². The summed E-state index contributed by atoms with van der Waals surface area (Å²) in [5.41, 5.74) is 1.10. The van der Waals surface area contributed by atoms with Gasteiger partial charge in [-0.3, -0.25) is 0 Å². The van der Waals surface area contributed by atoms with E-state index in [0.29, 0.717) is 4.44 Å². The van der Waals surface area contributed by atoms with Crippen molar-refractivity contribution < 1.29 is 0 Å². The average molecular weight is 306 g/mol. The van der Waals surface area contributed by atoms with Gasteiger partial charge in [-0.2, -0.15) is 0 Å². The van der Waals surface area contributed by atoms with Gasteiger partial charge in [0.1, 0.15) is 0 Å². The summed E-state index contributed by atoms with van der Waals surface area (Å²) >= 11 is -3.11. The average Bonchev–Trinajstić information content (AvgIpc) is 1.59. The summed E-state index contributed by atoms with van der Waals surface area (Å²) in [6.07, 6.45) is 3.58. The third-order valence-corrected chi connectivity index (χ3v) is 6.31. The van der Waals surface area contributed by atoms with Crippen LogP contribution in [0.4, 0.5) is 0 Å². The molecule has 0 radical (unpaired) electrons. The zero-order valence-electron chi connectivity index (χ0n) is 5.70. The number of halogens is 3. The van der Waals surface area contributed by atoms with Gasteiger partial charge in [0.2, 0.25) is 0 Å². The molecule has 0 heterocycles. The van der Waals surface area contributed by atoms with Crippen molar-refractivity contribution >= 4 is 41.8 Å². The molecule has 10 heavy (non-hydrogen) atoms. The first-order chi connectivity index (χ1) is 4.45. The Balaban J connectivity index is 3.91. The van der Waals surface area contributed by atoms with Crippen LogP contribution in [-0.2, 0) is 0 Å². The van der Waals surface area contributed by atoms with Gasteiger partial charge in [-0.25, -0.2) is 0 Å². The van der Waals surface area contributed by atoms with E-state index in [1.54, 1.807) is 6.08 Å². The molecule has 0 fully saturated rings. The fourth-order valence-electron chi connectivity index (χ4n) is 0.576. The molecular formula is C6H9Cl3Sn. The molecule has 4 heteroatoms. The summed E-state index contributed by atoms with van der Waals surface area (Å²) in [5.74, 6) is 0. The van der Waals surface area contributed by atoms with Crippen molar-refractivity contribution in [1.29, 1.82) is 0 Å². The molecule has 0 nitrogen and oxygen atoms in total. The monoisotopic (exact) mass is 306 g/mol. The van der Waals surface area contributed by atoms with E-state index in [0.717, 1.165) is 5.57 Å². The topological polar surface area (TPSA) is 0 Å². The van der Waals surface area contributed by atoms with E-state index in [-0.39, 0.29) is 0 Å². The summed E-state index contributed by atoms with van der Waals surface area (Å²) in [7, 11) is 17.2. The Labute approximate surface area is 76.9 Å². The normalized spacial score (nSPS) is 13.4. The standard InChI is InChI=1S/C6H9.3ClH.Sn/c1-4-5-6(2)3;;;;/h4-5H,1-2H2,3H3;3*1H;/q;;;;+3/p-3/b6-5-;;;;. The fraction of sp³-hybridized carbons (Fsp3) is 0.333. The van der Waals surface area contributed by atoms with Crippen LogP contribution in [0.15, 0.2) is 24.3 Å². The van der Waals surface area contributed by atoms with Gasteiger partial charge in [0.25, 0.3) is 0 Å². The van der Waals surface area contributed by atoms with Gasteiger partial charge >= 0.3 is 77.4 Å². The second-order valence-corrected chi connectivity index (χ2v) is 23.4. The Morgan fingerprint density at radius 2 is 2.00 bits per heavy atom. The molecule has 0 N–H and O–H groups in total. The van der Waals surface area contributed by atoms with Gasteiger partial charge in [-0.05, 0) is 0 Å². The van der Waals surface area contributed by atoms with Gasteiger partial charge in [0.05, 0.1) is 0 Å². The minimum absolute atomic E-state index is 0.658. The first-order valence-corrected chi connectivity index (χ1v) is 15.7. The number of hydrogen-bond acceptors (Lipinski definition) is 0. The molecule has 0 aromatic rings. The third kappa shape index (κ3) is 7.26. The third-order valence-electron chi connectivity index (χ3n) is 0.882. The molecule has 0 saturated carbocycles. The first kappa shape index (κ1) is 11.1. The summed E-state index contributed by atoms with van der Waals surface area (Å²) < 4.78 is 0.658. The van der Waals surface area contributed by atoms with Crippen LogP contribution in [0.1, 0.15) is 6.92 Å². The summed E-state index contributed by atoms with van der Waals surface area (Å²) in [6, 6.07) is 0. The molecule has 58 valence electrons. The minimum atomic E-state index is -3.11. The SMILES string of the molecule is C=C/C=C(\C)[CH2][Sn]([Cl])([Cl])[Cl]. The summed E-state index contributed by atoms with van der Waals surface area (Å²) in [6.45, 7) is 5.49. The first-order valence-electron chi connectivity index (χ1n) is 2.80. The van der Waals surface area contributed by atoms with Crippen LogP contribution in [0, 0.1) is 0 Å². The van der Waals surface area contributed by atoms with Gasteiger partial charge in [0.15, 0.2) is 0 Å². The molecule has 0 amide bonds. The molecule has 0 aliphatic rings. The molecule has 0 aliphatic heterocycles. The second-order valence-electron chi connectivity index (χ2n) is 2.04. The van der Waals surface area contributed by atoms with Crippen LogP contribution in [0.3, 0.4) is 0 Å². The number of hydrogen-bond donors (Lipinski definition) is 0. The van der Waals surface area contributed by atoms with Crippen LogP contribution < -0.4 is 0 Å². The summed E-state index contributed by atoms with van der Waals surface area (Å²) in [5, 5.41) is 0. The molecule has 0 saturated heterocycles. The number of rotatable bonds is 3. The van der Waals surface area contributed by atoms with Crippen molar-refractivity contribution in [3.63, 3.8) is 0 Å². The molecule has 0 aromatic heterocycles. The van der Waals surface area contributed by atoms with E-state index in [2.05, 4.69) is 6.58 Å². The van der Waals surface area contributed by atoms with E-state index in [4.69, 9.17) is 26.8 Å². The van der Waals surface area contributed by atoms with E-state index in [1.165, 1.54) is 0 Å². The molecular weight excluding hydrogens is 297 g/mol. The van der Waals surface area contributed by atoms with Crippen LogP contribution in [0.25, 0.3) is 0 Å². The Kier molecular flexibility index (Phi) is 5.48. The van der Waals surface area contributed by atoms with E-state index < -0.39 is 15.0 Å². The molecule has 0 atom stereocenters.